The topological polar surface area (TPSA) is 49.8 Å². The van der Waals surface area contributed by atoms with Crippen LogP contribution in [-0.4, -0.2) is 22.6 Å². The third-order valence-electron chi connectivity index (χ3n) is 3.98. The normalized spacial score (nSPS) is 20.3. The van der Waals surface area contributed by atoms with Crippen LogP contribution < -0.4 is 11.0 Å². The van der Waals surface area contributed by atoms with Crippen LogP contribution in [-0.2, 0) is 5.41 Å². The molecule has 4 nitrogen and oxygen atoms in total. The molecule has 1 aliphatic rings. The van der Waals surface area contributed by atoms with E-state index >= 15 is 0 Å². The lowest BCUT2D eigenvalue weighted by Crippen LogP contribution is -2.23. The van der Waals surface area contributed by atoms with Crippen molar-refractivity contribution < 1.29 is 0 Å². The van der Waals surface area contributed by atoms with Gasteiger partial charge >= 0.3 is 5.69 Å². The number of hydrogen-bond acceptors (Lipinski definition) is 2. The number of nitrogens with zero attached hydrogens (tertiary/aromatic N) is 1. The summed E-state index contributed by atoms with van der Waals surface area (Å²) in [7, 11) is 0. The summed E-state index contributed by atoms with van der Waals surface area (Å²) in [5.41, 5.74) is 3.32. The molecule has 2 aromatic rings. The molecule has 0 amide bonds. The molecule has 0 radical (unpaired) electrons. The van der Waals surface area contributed by atoms with Gasteiger partial charge in [0.05, 0.1) is 17.1 Å². The molecular formula is C15H21N3O. The molecule has 0 aliphatic carbocycles. The van der Waals surface area contributed by atoms with Crippen LogP contribution in [0.4, 0.5) is 0 Å². The molecule has 1 saturated heterocycles. The van der Waals surface area contributed by atoms with Crippen LogP contribution in [0.3, 0.4) is 0 Å². The molecular weight excluding hydrogens is 238 g/mol. The second kappa shape index (κ2) is 4.23. The molecule has 0 bridgehead atoms. The summed E-state index contributed by atoms with van der Waals surface area (Å²) in [4.78, 5) is 15.2. The number of aromatic amines is 1. The zero-order valence-corrected chi connectivity index (χ0v) is 11.8. The van der Waals surface area contributed by atoms with Crippen molar-refractivity contribution in [3.05, 3.63) is 34.2 Å². The third-order valence-corrected chi connectivity index (χ3v) is 3.98. The molecule has 1 atom stereocenters. The molecule has 19 heavy (non-hydrogen) atoms. The van der Waals surface area contributed by atoms with E-state index in [-0.39, 0.29) is 17.1 Å². The van der Waals surface area contributed by atoms with Gasteiger partial charge in [-0.2, -0.15) is 0 Å². The lowest BCUT2D eigenvalue weighted by atomic mass is 9.87. The number of imidazole rings is 1. The first-order chi connectivity index (χ1) is 8.97. The quantitative estimate of drug-likeness (QED) is 0.824. The maximum absolute atomic E-state index is 12.2. The standard InChI is InChI=1S/C15H21N3O/c1-15(2,3)10-4-5-13-12(8-10)17-14(19)18(13)11-6-7-16-9-11/h4-5,8,11,16H,6-7,9H2,1-3H3,(H,17,19). The Bertz CT molecular complexity index is 654. The molecule has 2 heterocycles. The van der Waals surface area contributed by atoms with E-state index in [1.54, 1.807) is 0 Å². The van der Waals surface area contributed by atoms with Crippen LogP contribution in [0.25, 0.3) is 11.0 Å². The number of fused-ring (bicyclic) bond motifs is 1. The molecule has 4 heteroatoms. The van der Waals surface area contributed by atoms with Crippen molar-refractivity contribution in [2.24, 2.45) is 0 Å². The highest BCUT2D eigenvalue weighted by Crippen LogP contribution is 2.26. The molecule has 1 fully saturated rings. The van der Waals surface area contributed by atoms with E-state index in [9.17, 15) is 4.79 Å². The van der Waals surface area contributed by atoms with Gasteiger partial charge in [-0.15, -0.1) is 0 Å². The van der Waals surface area contributed by atoms with Gasteiger partial charge in [0.2, 0.25) is 0 Å². The Morgan fingerprint density at radius 3 is 2.74 bits per heavy atom. The average Bonchev–Trinajstić information content (AvgIpc) is 2.92. The molecule has 0 saturated carbocycles. The fraction of sp³-hybridized carbons (Fsp3) is 0.533. The molecule has 102 valence electrons. The minimum atomic E-state index is 0.00904. The van der Waals surface area contributed by atoms with Crippen molar-refractivity contribution in [1.82, 2.24) is 14.9 Å². The van der Waals surface area contributed by atoms with Gasteiger partial charge in [-0.1, -0.05) is 26.8 Å². The SMILES string of the molecule is CC(C)(C)c1ccc2c(c1)[nH]c(=O)n2C1CCNC1. The van der Waals surface area contributed by atoms with Crippen LogP contribution in [0.1, 0.15) is 38.8 Å². The predicted molar refractivity (Wildman–Crippen MR) is 77.8 cm³/mol. The van der Waals surface area contributed by atoms with Crippen molar-refractivity contribution in [3.8, 4) is 0 Å². The minimum absolute atomic E-state index is 0.00904. The third kappa shape index (κ3) is 2.10. The van der Waals surface area contributed by atoms with Gasteiger partial charge in [0.25, 0.3) is 0 Å². The monoisotopic (exact) mass is 259 g/mol. The van der Waals surface area contributed by atoms with Crippen molar-refractivity contribution in [3.63, 3.8) is 0 Å². The summed E-state index contributed by atoms with van der Waals surface area (Å²) in [5, 5.41) is 3.31. The Kier molecular flexibility index (Phi) is 2.78. The van der Waals surface area contributed by atoms with Crippen molar-refractivity contribution >= 4 is 11.0 Å². The summed E-state index contributed by atoms with van der Waals surface area (Å²) in [6.07, 6.45) is 1.02. The molecule has 1 aliphatic heterocycles. The number of hydrogen-bond donors (Lipinski definition) is 2. The van der Waals surface area contributed by atoms with Gasteiger partial charge in [-0.05, 0) is 36.1 Å². The fourth-order valence-electron chi connectivity index (χ4n) is 2.82. The zero-order chi connectivity index (χ0) is 13.6. The Morgan fingerprint density at radius 1 is 1.32 bits per heavy atom. The largest absolute Gasteiger partial charge is 0.326 e. The van der Waals surface area contributed by atoms with Crippen LogP contribution in [0.5, 0.6) is 0 Å². The first-order valence-electron chi connectivity index (χ1n) is 6.92. The van der Waals surface area contributed by atoms with E-state index in [4.69, 9.17) is 0 Å². The molecule has 1 aromatic heterocycles. The van der Waals surface area contributed by atoms with Gasteiger partial charge in [0.15, 0.2) is 0 Å². The second-order valence-electron chi connectivity index (χ2n) is 6.43. The molecule has 3 rings (SSSR count). The van der Waals surface area contributed by atoms with Crippen LogP contribution >= 0.6 is 0 Å². The predicted octanol–water partition coefficient (Wildman–Crippen LogP) is 2.16. The Labute approximate surface area is 112 Å². The number of H-pyrrole nitrogens is 1. The van der Waals surface area contributed by atoms with E-state index in [1.165, 1.54) is 5.56 Å². The smallest absolute Gasteiger partial charge is 0.315 e. The summed E-state index contributed by atoms with van der Waals surface area (Å²) >= 11 is 0. The lowest BCUT2D eigenvalue weighted by molar-refractivity contribution is 0.545. The van der Waals surface area contributed by atoms with Gasteiger partial charge in [-0.25, -0.2) is 4.79 Å². The summed E-state index contributed by atoms with van der Waals surface area (Å²) < 4.78 is 1.90. The lowest BCUT2D eigenvalue weighted by Gasteiger charge is -2.19. The summed E-state index contributed by atoms with van der Waals surface area (Å²) in [5.74, 6) is 0. The fourth-order valence-corrected chi connectivity index (χ4v) is 2.82. The zero-order valence-electron chi connectivity index (χ0n) is 11.8. The number of benzene rings is 1. The van der Waals surface area contributed by atoms with Crippen molar-refractivity contribution in [1.29, 1.82) is 0 Å². The molecule has 1 unspecified atom stereocenters. The Morgan fingerprint density at radius 2 is 2.11 bits per heavy atom. The molecule has 1 aromatic carbocycles. The minimum Gasteiger partial charge on any atom is -0.315 e. The second-order valence-corrected chi connectivity index (χ2v) is 6.43. The van der Waals surface area contributed by atoms with E-state index < -0.39 is 0 Å². The maximum atomic E-state index is 12.2. The summed E-state index contributed by atoms with van der Waals surface area (Å²) in [6, 6.07) is 6.60. The highest BCUT2D eigenvalue weighted by atomic mass is 16.1. The highest BCUT2D eigenvalue weighted by Gasteiger charge is 2.22. The number of aromatic nitrogens is 2. The van der Waals surface area contributed by atoms with Gasteiger partial charge in [0.1, 0.15) is 0 Å². The van der Waals surface area contributed by atoms with E-state index in [0.717, 1.165) is 30.5 Å². The van der Waals surface area contributed by atoms with Crippen LogP contribution in [0, 0.1) is 0 Å². The first-order valence-corrected chi connectivity index (χ1v) is 6.92. The summed E-state index contributed by atoms with van der Waals surface area (Å²) in [6.45, 7) is 8.43. The number of nitrogens with one attached hydrogen (secondary N) is 2. The van der Waals surface area contributed by atoms with Gasteiger partial charge < -0.3 is 10.3 Å². The highest BCUT2D eigenvalue weighted by molar-refractivity contribution is 5.76. The van der Waals surface area contributed by atoms with Crippen molar-refractivity contribution in [2.75, 3.05) is 13.1 Å². The first kappa shape index (κ1) is 12.5. The van der Waals surface area contributed by atoms with Crippen molar-refractivity contribution in [2.45, 2.75) is 38.6 Å². The Hall–Kier alpha value is -1.55. The van der Waals surface area contributed by atoms with Crippen LogP contribution in [0.15, 0.2) is 23.0 Å². The van der Waals surface area contributed by atoms with E-state index in [0.29, 0.717) is 0 Å². The van der Waals surface area contributed by atoms with Crippen LogP contribution in [0.2, 0.25) is 0 Å². The molecule has 2 N–H and O–H groups in total. The maximum Gasteiger partial charge on any atom is 0.326 e. The molecule has 0 spiro atoms. The number of rotatable bonds is 1. The van der Waals surface area contributed by atoms with Gasteiger partial charge in [0, 0.05) is 6.54 Å². The average molecular weight is 259 g/mol. The van der Waals surface area contributed by atoms with E-state index in [1.807, 2.05) is 4.57 Å². The van der Waals surface area contributed by atoms with Gasteiger partial charge in [-0.3, -0.25) is 4.57 Å². The Balaban J connectivity index is 2.15. The van der Waals surface area contributed by atoms with E-state index in [2.05, 4.69) is 49.3 Å².